The number of carbonyl (C=O) groups is 4. The fourth-order valence-corrected chi connectivity index (χ4v) is 3.61. The second-order valence-corrected chi connectivity index (χ2v) is 9.08. The van der Waals surface area contributed by atoms with Crippen LogP contribution in [-0.4, -0.2) is 76.7 Å². The zero-order chi connectivity index (χ0) is 25.7. The number of nitrogens with one attached hydrogen (secondary N) is 3. The highest BCUT2D eigenvalue weighted by molar-refractivity contribution is 7.98. The summed E-state index contributed by atoms with van der Waals surface area (Å²) in [6.45, 7) is 2.77. The van der Waals surface area contributed by atoms with E-state index >= 15 is 0 Å². The van der Waals surface area contributed by atoms with Gasteiger partial charge in [0.25, 0.3) is 0 Å². The summed E-state index contributed by atoms with van der Waals surface area (Å²) in [6.07, 6.45) is 3.05. The van der Waals surface area contributed by atoms with E-state index in [1.54, 1.807) is 18.7 Å². The number of amides is 3. The molecule has 11 heteroatoms. The van der Waals surface area contributed by atoms with Crippen molar-refractivity contribution < 1.29 is 29.4 Å². The van der Waals surface area contributed by atoms with Crippen molar-refractivity contribution in [2.45, 2.75) is 57.3 Å². The van der Waals surface area contributed by atoms with Crippen LogP contribution in [0.3, 0.4) is 0 Å². The number of carboxylic acids is 1. The third-order valence-electron chi connectivity index (χ3n) is 5.48. The van der Waals surface area contributed by atoms with Crippen LogP contribution >= 0.6 is 11.8 Å². The number of benzene rings is 1. The van der Waals surface area contributed by atoms with E-state index < -0.39 is 54.5 Å². The van der Waals surface area contributed by atoms with Gasteiger partial charge in [0.1, 0.15) is 18.1 Å². The summed E-state index contributed by atoms with van der Waals surface area (Å²) in [4.78, 5) is 49.8. The molecule has 0 bridgehead atoms. The number of hydrogen-bond acceptors (Lipinski definition) is 7. The van der Waals surface area contributed by atoms with Crippen LogP contribution in [0.5, 0.6) is 0 Å². The Morgan fingerprint density at radius 3 is 2.15 bits per heavy atom. The lowest BCUT2D eigenvalue weighted by molar-refractivity contribution is -0.143. The number of thioether (sulfide) groups is 1. The second-order valence-electron chi connectivity index (χ2n) is 8.09. The number of aliphatic hydroxyl groups excluding tert-OH is 1. The molecule has 7 N–H and O–H groups in total. The van der Waals surface area contributed by atoms with Crippen LogP contribution in [0.15, 0.2) is 30.3 Å². The van der Waals surface area contributed by atoms with Gasteiger partial charge in [0.2, 0.25) is 17.7 Å². The lowest BCUT2D eigenvalue weighted by Gasteiger charge is -2.28. The number of aliphatic hydroxyl groups is 1. The van der Waals surface area contributed by atoms with E-state index in [9.17, 15) is 24.3 Å². The normalized spacial score (nSPS) is 15.3. The Morgan fingerprint density at radius 1 is 1.00 bits per heavy atom. The quantitative estimate of drug-likeness (QED) is 0.195. The first kappa shape index (κ1) is 29.4. The molecule has 0 aromatic heterocycles. The summed E-state index contributed by atoms with van der Waals surface area (Å²) >= 11 is 1.56. The van der Waals surface area contributed by atoms with Crippen molar-refractivity contribution in [2.24, 2.45) is 11.7 Å². The molecule has 0 fully saturated rings. The van der Waals surface area contributed by atoms with Crippen LogP contribution in [0.4, 0.5) is 0 Å². The van der Waals surface area contributed by atoms with Crippen LogP contribution in [0.25, 0.3) is 0 Å². The summed E-state index contributed by atoms with van der Waals surface area (Å²) in [5, 5.41) is 25.9. The SMILES string of the molecule is CCC(C)C(NC(=O)C(Cc1ccccc1)NC(=O)C(N)CCSC)C(=O)NC(CO)C(=O)O. The molecular formula is C23H36N4O6S. The van der Waals surface area contributed by atoms with E-state index in [4.69, 9.17) is 10.8 Å². The van der Waals surface area contributed by atoms with Gasteiger partial charge in [-0.15, -0.1) is 0 Å². The average Bonchev–Trinajstić information content (AvgIpc) is 2.83. The topological polar surface area (TPSA) is 171 Å². The van der Waals surface area contributed by atoms with Crippen molar-refractivity contribution in [2.75, 3.05) is 18.6 Å². The van der Waals surface area contributed by atoms with Crippen molar-refractivity contribution in [1.29, 1.82) is 0 Å². The van der Waals surface area contributed by atoms with Gasteiger partial charge in [-0.25, -0.2) is 4.79 Å². The minimum atomic E-state index is -1.50. The molecule has 0 aliphatic carbocycles. The zero-order valence-electron chi connectivity index (χ0n) is 19.8. The summed E-state index contributed by atoms with van der Waals surface area (Å²) in [6, 6.07) is 4.75. The number of rotatable bonds is 15. The third kappa shape index (κ3) is 9.70. The first-order valence-corrected chi connectivity index (χ1v) is 12.6. The van der Waals surface area contributed by atoms with E-state index in [1.807, 2.05) is 43.5 Å². The molecule has 0 saturated heterocycles. The van der Waals surface area contributed by atoms with Crippen LogP contribution in [0, 0.1) is 5.92 Å². The molecule has 10 nitrogen and oxygen atoms in total. The van der Waals surface area contributed by atoms with Crippen LogP contribution in [0.1, 0.15) is 32.3 Å². The fourth-order valence-electron chi connectivity index (χ4n) is 3.12. The summed E-state index contributed by atoms with van der Waals surface area (Å²) in [5.74, 6) is -2.83. The Labute approximate surface area is 204 Å². The predicted molar refractivity (Wildman–Crippen MR) is 131 cm³/mol. The Kier molecular flexibility index (Phi) is 13.2. The Hall–Kier alpha value is -2.63. The maximum Gasteiger partial charge on any atom is 0.328 e. The number of aliphatic carboxylic acids is 1. The Morgan fingerprint density at radius 2 is 1.62 bits per heavy atom. The largest absolute Gasteiger partial charge is 0.480 e. The lowest BCUT2D eigenvalue weighted by Crippen LogP contribution is -2.59. The van der Waals surface area contributed by atoms with Gasteiger partial charge >= 0.3 is 5.97 Å². The van der Waals surface area contributed by atoms with Crippen molar-refractivity contribution in [1.82, 2.24) is 16.0 Å². The van der Waals surface area contributed by atoms with Gasteiger partial charge in [-0.3, -0.25) is 14.4 Å². The Balaban J connectivity index is 3.07. The lowest BCUT2D eigenvalue weighted by atomic mass is 9.96. The highest BCUT2D eigenvalue weighted by atomic mass is 32.2. The zero-order valence-corrected chi connectivity index (χ0v) is 20.6. The maximum absolute atomic E-state index is 13.2. The van der Waals surface area contributed by atoms with E-state index in [0.29, 0.717) is 18.6 Å². The molecule has 5 atom stereocenters. The van der Waals surface area contributed by atoms with Gasteiger partial charge in [0, 0.05) is 6.42 Å². The van der Waals surface area contributed by atoms with Crippen molar-refractivity contribution in [3.05, 3.63) is 35.9 Å². The van der Waals surface area contributed by atoms with E-state index in [-0.39, 0.29) is 12.3 Å². The maximum atomic E-state index is 13.2. The molecule has 0 heterocycles. The third-order valence-corrected chi connectivity index (χ3v) is 6.12. The predicted octanol–water partition coefficient (Wildman–Crippen LogP) is -0.113. The second kappa shape index (κ2) is 15.3. The van der Waals surface area contributed by atoms with Crippen LogP contribution < -0.4 is 21.7 Å². The summed E-state index contributed by atoms with van der Waals surface area (Å²) < 4.78 is 0. The first-order valence-electron chi connectivity index (χ1n) is 11.2. The van der Waals surface area contributed by atoms with Crippen molar-refractivity contribution in [3.8, 4) is 0 Å². The van der Waals surface area contributed by atoms with Gasteiger partial charge in [0.05, 0.1) is 12.6 Å². The average molecular weight is 497 g/mol. The minimum absolute atomic E-state index is 0.177. The minimum Gasteiger partial charge on any atom is -0.480 e. The van der Waals surface area contributed by atoms with Gasteiger partial charge < -0.3 is 31.9 Å². The molecule has 0 saturated carbocycles. The Bertz CT molecular complexity index is 810. The van der Waals surface area contributed by atoms with Crippen molar-refractivity contribution in [3.63, 3.8) is 0 Å². The van der Waals surface area contributed by atoms with Gasteiger partial charge in [0.15, 0.2) is 0 Å². The molecule has 0 spiro atoms. The number of carboxylic acid groups (broad SMARTS) is 1. The number of carbonyl (C=O) groups excluding carboxylic acids is 3. The molecule has 1 aromatic carbocycles. The highest BCUT2D eigenvalue weighted by Crippen LogP contribution is 2.11. The molecule has 34 heavy (non-hydrogen) atoms. The monoisotopic (exact) mass is 496 g/mol. The molecule has 0 radical (unpaired) electrons. The molecule has 190 valence electrons. The van der Waals surface area contributed by atoms with Gasteiger partial charge in [-0.2, -0.15) is 11.8 Å². The summed E-state index contributed by atoms with van der Waals surface area (Å²) in [5.41, 5.74) is 6.76. The van der Waals surface area contributed by atoms with Crippen molar-refractivity contribution >= 4 is 35.5 Å². The molecule has 3 amide bonds. The fraction of sp³-hybridized carbons (Fsp3) is 0.565. The molecule has 5 unspecified atom stereocenters. The molecule has 1 aromatic rings. The van der Waals surface area contributed by atoms with Gasteiger partial charge in [-0.05, 0) is 29.9 Å². The molecule has 0 aliphatic rings. The first-order chi connectivity index (χ1) is 16.1. The molecular weight excluding hydrogens is 460 g/mol. The standard InChI is InChI=1S/C23H36N4O6S/c1-4-14(2)19(22(31)26-18(13-28)23(32)33)27-21(30)17(12-15-8-6-5-7-9-15)25-20(29)16(24)10-11-34-3/h5-9,14,16-19,28H,4,10-13,24H2,1-3H3,(H,25,29)(H,26,31)(H,27,30)(H,32,33). The number of hydrogen-bond donors (Lipinski definition) is 6. The van der Waals surface area contributed by atoms with E-state index in [2.05, 4.69) is 16.0 Å². The molecule has 1 rings (SSSR count). The van der Waals surface area contributed by atoms with E-state index in [1.165, 1.54) is 0 Å². The smallest absolute Gasteiger partial charge is 0.328 e. The summed E-state index contributed by atoms with van der Waals surface area (Å²) in [7, 11) is 0. The number of nitrogens with two attached hydrogens (primary N) is 1. The van der Waals surface area contributed by atoms with Crippen LogP contribution in [0.2, 0.25) is 0 Å². The van der Waals surface area contributed by atoms with Gasteiger partial charge in [-0.1, -0.05) is 50.6 Å². The highest BCUT2D eigenvalue weighted by Gasteiger charge is 2.32. The van der Waals surface area contributed by atoms with Crippen LogP contribution in [-0.2, 0) is 25.6 Å². The molecule has 0 aliphatic heterocycles. The van der Waals surface area contributed by atoms with E-state index in [0.717, 1.165) is 5.56 Å².